The third-order valence-electron chi connectivity index (χ3n) is 2.71. The molecule has 0 aliphatic carbocycles. The second-order valence-corrected chi connectivity index (χ2v) is 4.61. The second kappa shape index (κ2) is 5.73. The van der Waals surface area contributed by atoms with E-state index >= 15 is 0 Å². The molecule has 0 spiro atoms. The van der Waals surface area contributed by atoms with Crippen molar-refractivity contribution in [1.29, 1.82) is 0 Å². The summed E-state index contributed by atoms with van der Waals surface area (Å²) in [5.41, 5.74) is 6.97. The zero-order valence-corrected chi connectivity index (χ0v) is 11.2. The molecule has 1 rings (SSSR count). The van der Waals surface area contributed by atoms with Crippen molar-refractivity contribution in [3.63, 3.8) is 0 Å². The van der Waals surface area contributed by atoms with Crippen LogP contribution in [0.4, 0.5) is 11.4 Å². The van der Waals surface area contributed by atoms with Gasteiger partial charge in [-0.15, -0.1) is 0 Å². The van der Waals surface area contributed by atoms with Crippen molar-refractivity contribution in [3.8, 4) is 0 Å². The van der Waals surface area contributed by atoms with Gasteiger partial charge >= 0.3 is 5.97 Å². The summed E-state index contributed by atoms with van der Waals surface area (Å²) in [7, 11) is 2.99. The summed E-state index contributed by atoms with van der Waals surface area (Å²) in [5, 5.41) is 3.17. The highest BCUT2D eigenvalue weighted by Crippen LogP contribution is 2.21. The molecule has 0 unspecified atom stereocenters. The average molecular weight is 252 g/mol. The number of methoxy groups -OCH3 is 2. The van der Waals surface area contributed by atoms with E-state index in [4.69, 9.17) is 15.2 Å². The van der Waals surface area contributed by atoms with Gasteiger partial charge in [-0.1, -0.05) is 0 Å². The highest BCUT2D eigenvalue weighted by atomic mass is 16.5. The second-order valence-electron chi connectivity index (χ2n) is 4.61. The first kappa shape index (κ1) is 14.3. The molecule has 0 saturated carbocycles. The lowest BCUT2D eigenvalue weighted by atomic mass is 10.1. The lowest BCUT2D eigenvalue weighted by Crippen LogP contribution is -2.32. The van der Waals surface area contributed by atoms with Crippen LogP contribution in [0.25, 0.3) is 0 Å². The molecule has 5 heteroatoms. The van der Waals surface area contributed by atoms with E-state index in [-0.39, 0.29) is 5.60 Å². The molecule has 0 aliphatic rings. The molecule has 0 aromatic heterocycles. The molecule has 0 amide bonds. The number of hydrogen-bond acceptors (Lipinski definition) is 5. The molecule has 18 heavy (non-hydrogen) atoms. The normalized spacial score (nSPS) is 11.1. The molecule has 0 fully saturated rings. The number of ether oxygens (including phenoxy) is 2. The molecular weight excluding hydrogens is 232 g/mol. The van der Waals surface area contributed by atoms with Crippen LogP contribution >= 0.6 is 0 Å². The van der Waals surface area contributed by atoms with Crippen LogP contribution < -0.4 is 11.1 Å². The van der Waals surface area contributed by atoms with Gasteiger partial charge in [0.2, 0.25) is 0 Å². The first-order chi connectivity index (χ1) is 8.39. The molecule has 0 radical (unpaired) electrons. The van der Waals surface area contributed by atoms with Crippen molar-refractivity contribution in [2.24, 2.45) is 0 Å². The van der Waals surface area contributed by atoms with Crippen LogP contribution in [-0.4, -0.2) is 32.3 Å². The molecule has 1 aromatic carbocycles. The van der Waals surface area contributed by atoms with Gasteiger partial charge in [0.1, 0.15) is 0 Å². The molecule has 1 aromatic rings. The summed E-state index contributed by atoms with van der Waals surface area (Å²) in [4.78, 5) is 11.6. The Morgan fingerprint density at radius 2 is 2.06 bits per heavy atom. The monoisotopic (exact) mass is 252 g/mol. The van der Waals surface area contributed by atoms with Crippen LogP contribution in [0.15, 0.2) is 18.2 Å². The highest BCUT2D eigenvalue weighted by molar-refractivity contribution is 5.96. The van der Waals surface area contributed by atoms with E-state index in [2.05, 4.69) is 5.32 Å². The maximum atomic E-state index is 11.6. The van der Waals surface area contributed by atoms with Crippen LogP contribution in [0.1, 0.15) is 24.2 Å². The fourth-order valence-corrected chi connectivity index (χ4v) is 1.38. The lowest BCUT2D eigenvalue weighted by molar-refractivity contribution is 0.0343. The summed E-state index contributed by atoms with van der Waals surface area (Å²) >= 11 is 0. The largest absolute Gasteiger partial charge is 0.465 e. The summed E-state index contributed by atoms with van der Waals surface area (Å²) < 4.78 is 10.0. The van der Waals surface area contributed by atoms with Crippen molar-refractivity contribution in [1.82, 2.24) is 0 Å². The van der Waals surface area contributed by atoms with E-state index in [0.717, 1.165) is 0 Å². The van der Waals surface area contributed by atoms with Gasteiger partial charge in [-0.3, -0.25) is 0 Å². The topological polar surface area (TPSA) is 73.6 Å². The molecule has 5 nitrogen and oxygen atoms in total. The van der Waals surface area contributed by atoms with Crippen LogP contribution in [0, 0.1) is 0 Å². The van der Waals surface area contributed by atoms with E-state index in [1.807, 2.05) is 13.8 Å². The number of nitrogens with one attached hydrogen (secondary N) is 1. The summed E-state index contributed by atoms with van der Waals surface area (Å²) in [6.45, 7) is 4.47. The summed E-state index contributed by atoms with van der Waals surface area (Å²) in [5.74, 6) is -0.417. The van der Waals surface area contributed by atoms with Gasteiger partial charge in [-0.2, -0.15) is 0 Å². The van der Waals surface area contributed by atoms with E-state index < -0.39 is 5.97 Å². The fourth-order valence-electron chi connectivity index (χ4n) is 1.38. The number of nitrogens with two attached hydrogens (primary N) is 1. The van der Waals surface area contributed by atoms with Gasteiger partial charge in [-0.05, 0) is 32.0 Å². The van der Waals surface area contributed by atoms with Gasteiger partial charge in [0.15, 0.2) is 0 Å². The van der Waals surface area contributed by atoms with Gasteiger partial charge in [0, 0.05) is 25.0 Å². The van der Waals surface area contributed by atoms with Crippen molar-refractivity contribution in [2.45, 2.75) is 19.4 Å². The Balaban J connectivity index is 2.91. The Morgan fingerprint density at radius 1 is 1.39 bits per heavy atom. The van der Waals surface area contributed by atoms with Gasteiger partial charge in [0.05, 0.1) is 18.3 Å². The molecule has 3 N–H and O–H groups in total. The molecule has 100 valence electrons. The number of benzene rings is 1. The Hall–Kier alpha value is -1.75. The van der Waals surface area contributed by atoms with Crippen molar-refractivity contribution in [3.05, 3.63) is 23.8 Å². The predicted molar refractivity (Wildman–Crippen MR) is 71.8 cm³/mol. The Labute approximate surface area is 107 Å². The SMILES string of the molecule is COC(=O)c1cc(N)ccc1NCC(C)(C)OC. The summed E-state index contributed by atoms with van der Waals surface area (Å²) in [6, 6.07) is 5.08. The maximum Gasteiger partial charge on any atom is 0.340 e. The molecule has 0 aliphatic heterocycles. The molecule has 0 bridgehead atoms. The third kappa shape index (κ3) is 3.63. The first-order valence-electron chi connectivity index (χ1n) is 5.66. The molecule has 0 saturated heterocycles. The van der Waals surface area contributed by atoms with Gasteiger partial charge in [-0.25, -0.2) is 4.79 Å². The summed E-state index contributed by atoms with van der Waals surface area (Å²) in [6.07, 6.45) is 0. The van der Waals surface area contributed by atoms with Gasteiger partial charge < -0.3 is 20.5 Å². The fraction of sp³-hybridized carbons (Fsp3) is 0.462. The number of carbonyl (C=O) groups is 1. The number of hydrogen-bond donors (Lipinski definition) is 2. The zero-order valence-electron chi connectivity index (χ0n) is 11.2. The minimum Gasteiger partial charge on any atom is -0.465 e. The lowest BCUT2D eigenvalue weighted by Gasteiger charge is -2.24. The van der Waals surface area contributed by atoms with Crippen LogP contribution in [0.3, 0.4) is 0 Å². The number of anilines is 2. The zero-order chi connectivity index (χ0) is 13.8. The van der Waals surface area contributed by atoms with Crippen LogP contribution in [0.5, 0.6) is 0 Å². The predicted octanol–water partition coefficient (Wildman–Crippen LogP) is 1.89. The van der Waals surface area contributed by atoms with E-state index in [0.29, 0.717) is 23.5 Å². The Morgan fingerprint density at radius 3 is 2.61 bits per heavy atom. The minimum atomic E-state index is -0.417. The smallest absolute Gasteiger partial charge is 0.340 e. The average Bonchev–Trinajstić information content (AvgIpc) is 2.36. The molecule has 0 atom stereocenters. The molecular formula is C13H20N2O3. The van der Waals surface area contributed by atoms with Crippen molar-refractivity contribution >= 4 is 17.3 Å². The van der Waals surface area contributed by atoms with Crippen LogP contribution in [0.2, 0.25) is 0 Å². The van der Waals surface area contributed by atoms with Crippen molar-refractivity contribution < 1.29 is 14.3 Å². The number of carbonyl (C=O) groups excluding carboxylic acids is 1. The van der Waals surface area contributed by atoms with E-state index in [9.17, 15) is 4.79 Å². The van der Waals surface area contributed by atoms with Crippen LogP contribution in [-0.2, 0) is 9.47 Å². The number of rotatable bonds is 5. The number of nitrogen functional groups attached to an aromatic ring is 1. The quantitative estimate of drug-likeness (QED) is 0.618. The molecule has 0 heterocycles. The Kier molecular flexibility index (Phi) is 4.55. The first-order valence-corrected chi connectivity index (χ1v) is 5.66. The van der Waals surface area contributed by atoms with Gasteiger partial charge in [0.25, 0.3) is 0 Å². The van der Waals surface area contributed by atoms with Crippen molar-refractivity contribution in [2.75, 3.05) is 31.8 Å². The Bertz CT molecular complexity index is 430. The maximum absolute atomic E-state index is 11.6. The standard InChI is InChI=1S/C13H20N2O3/c1-13(2,18-4)8-15-11-6-5-9(14)7-10(11)12(16)17-3/h5-7,15H,8,14H2,1-4H3. The van der Waals surface area contributed by atoms with E-state index in [1.54, 1.807) is 25.3 Å². The minimum absolute atomic E-state index is 0.325. The van der Waals surface area contributed by atoms with E-state index in [1.165, 1.54) is 7.11 Å². The third-order valence-corrected chi connectivity index (χ3v) is 2.71. The number of esters is 1. The highest BCUT2D eigenvalue weighted by Gasteiger charge is 2.18.